The van der Waals surface area contributed by atoms with Crippen molar-refractivity contribution < 1.29 is 4.79 Å². The summed E-state index contributed by atoms with van der Waals surface area (Å²) in [6.45, 7) is 10.5. The monoisotopic (exact) mass is 309 g/mol. The number of carbonyl (C=O) groups is 1. The lowest BCUT2D eigenvalue weighted by Gasteiger charge is -2.29. The van der Waals surface area contributed by atoms with Gasteiger partial charge in [0, 0.05) is 17.5 Å². The predicted octanol–water partition coefficient (Wildman–Crippen LogP) is 2.83. The number of aryl methyl sites for hydroxylation is 1. The number of hydrogen-bond donors (Lipinski definition) is 2. The summed E-state index contributed by atoms with van der Waals surface area (Å²) in [5.41, 5.74) is -0.385. The lowest BCUT2D eigenvalue weighted by molar-refractivity contribution is -0.124. The Balaban J connectivity index is 1.88. The third kappa shape index (κ3) is 4.51. The van der Waals surface area contributed by atoms with Crippen LogP contribution >= 0.6 is 11.3 Å². The SMILES string of the molecule is Cc1cnc(C(C)(C)NC(=O)CC(C)C2CCNCC2)s1. The first kappa shape index (κ1) is 16.4. The molecule has 1 aliphatic rings. The molecule has 0 spiro atoms. The van der Waals surface area contributed by atoms with Crippen molar-refractivity contribution in [3.8, 4) is 0 Å². The normalized spacial score (nSPS) is 18.5. The van der Waals surface area contributed by atoms with Crippen LogP contribution < -0.4 is 10.6 Å². The highest BCUT2D eigenvalue weighted by molar-refractivity contribution is 7.11. The molecule has 118 valence electrons. The van der Waals surface area contributed by atoms with Gasteiger partial charge in [-0.2, -0.15) is 0 Å². The minimum absolute atomic E-state index is 0.138. The molecule has 2 heterocycles. The fraction of sp³-hybridized carbons (Fsp3) is 0.750. The minimum atomic E-state index is -0.385. The molecule has 1 fully saturated rings. The average molecular weight is 309 g/mol. The number of nitrogens with one attached hydrogen (secondary N) is 2. The highest BCUT2D eigenvalue weighted by Gasteiger charge is 2.28. The average Bonchev–Trinajstić information content (AvgIpc) is 2.86. The van der Waals surface area contributed by atoms with Crippen LogP contribution in [-0.4, -0.2) is 24.0 Å². The van der Waals surface area contributed by atoms with E-state index in [-0.39, 0.29) is 11.4 Å². The van der Waals surface area contributed by atoms with Crippen LogP contribution in [0.3, 0.4) is 0 Å². The molecule has 2 rings (SSSR count). The van der Waals surface area contributed by atoms with E-state index in [1.165, 1.54) is 17.7 Å². The van der Waals surface area contributed by atoms with E-state index in [9.17, 15) is 4.79 Å². The molecule has 1 amide bonds. The van der Waals surface area contributed by atoms with Crippen LogP contribution in [0.5, 0.6) is 0 Å². The Kier molecular flexibility index (Phi) is 5.38. The van der Waals surface area contributed by atoms with E-state index in [0.29, 0.717) is 18.3 Å². The maximum atomic E-state index is 12.3. The molecular weight excluding hydrogens is 282 g/mol. The highest BCUT2D eigenvalue weighted by atomic mass is 32.1. The van der Waals surface area contributed by atoms with Gasteiger partial charge in [-0.15, -0.1) is 11.3 Å². The molecule has 1 atom stereocenters. The van der Waals surface area contributed by atoms with E-state index >= 15 is 0 Å². The summed E-state index contributed by atoms with van der Waals surface area (Å²) in [5, 5.41) is 7.50. The molecule has 0 saturated carbocycles. The van der Waals surface area contributed by atoms with Crippen LogP contribution in [0.4, 0.5) is 0 Å². The van der Waals surface area contributed by atoms with Gasteiger partial charge in [0.2, 0.25) is 5.91 Å². The second-order valence-corrected chi connectivity index (χ2v) is 7.95. The third-order valence-electron chi connectivity index (χ3n) is 4.30. The summed E-state index contributed by atoms with van der Waals surface area (Å²) < 4.78 is 0. The Labute approximate surface area is 131 Å². The Morgan fingerprint density at radius 2 is 2.19 bits per heavy atom. The van der Waals surface area contributed by atoms with Gasteiger partial charge >= 0.3 is 0 Å². The van der Waals surface area contributed by atoms with Gasteiger partial charge in [0.25, 0.3) is 0 Å². The van der Waals surface area contributed by atoms with Crippen molar-refractivity contribution in [2.75, 3.05) is 13.1 Å². The topological polar surface area (TPSA) is 54.0 Å². The fourth-order valence-corrected chi connectivity index (χ4v) is 3.79. The van der Waals surface area contributed by atoms with Gasteiger partial charge in [-0.3, -0.25) is 4.79 Å². The number of aromatic nitrogens is 1. The minimum Gasteiger partial charge on any atom is -0.345 e. The second-order valence-electron chi connectivity index (χ2n) is 6.72. The van der Waals surface area contributed by atoms with Crippen LogP contribution in [0.25, 0.3) is 0 Å². The molecule has 1 saturated heterocycles. The number of nitrogens with zero attached hydrogens (tertiary/aromatic N) is 1. The van der Waals surface area contributed by atoms with Gasteiger partial charge in [0.15, 0.2) is 0 Å². The number of amides is 1. The molecule has 2 N–H and O–H groups in total. The van der Waals surface area contributed by atoms with Gasteiger partial charge in [0.1, 0.15) is 5.01 Å². The van der Waals surface area contributed by atoms with E-state index in [0.717, 1.165) is 18.1 Å². The molecule has 0 bridgehead atoms. The third-order valence-corrected chi connectivity index (χ3v) is 5.54. The maximum absolute atomic E-state index is 12.3. The summed E-state index contributed by atoms with van der Waals surface area (Å²) in [6.07, 6.45) is 4.84. The van der Waals surface area contributed by atoms with Crippen molar-refractivity contribution in [1.29, 1.82) is 0 Å². The molecule has 1 aliphatic heterocycles. The van der Waals surface area contributed by atoms with Gasteiger partial charge in [-0.1, -0.05) is 6.92 Å². The first-order valence-electron chi connectivity index (χ1n) is 7.83. The number of carbonyl (C=O) groups excluding carboxylic acids is 1. The molecule has 0 aliphatic carbocycles. The summed E-state index contributed by atoms with van der Waals surface area (Å²) >= 11 is 1.65. The van der Waals surface area contributed by atoms with Gasteiger partial charge in [0.05, 0.1) is 5.54 Å². The molecule has 0 aromatic carbocycles. The first-order chi connectivity index (χ1) is 9.88. The fourth-order valence-electron chi connectivity index (χ4n) is 2.97. The molecule has 0 radical (unpaired) electrons. The van der Waals surface area contributed by atoms with Crippen molar-refractivity contribution >= 4 is 17.2 Å². The van der Waals surface area contributed by atoms with Crippen LogP contribution in [0, 0.1) is 18.8 Å². The van der Waals surface area contributed by atoms with E-state index in [4.69, 9.17) is 0 Å². The Morgan fingerprint density at radius 3 is 2.76 bits per heavy atom. The molecule has 1 unspecified atom stereocenters. The lowest BCUT2D eigenvalue weighted by Crippen LogP contribution is -2.42. The summed E-state index contributed by atoms with van der Waals surface area (Å²) in [4.78, 5) is 17.9. The zero-order valence-corrected chi connectivity index (χ0v) is 14.3. The maximum Gasteiger partial charge on any atom is 0.221 e. The van der Waals surface area contributed by atoms with Crippen molar-refractivity contribution in [3.05, 3.63) is 16.1 Å². The van der Waals surface area contributed by atoms with Crippen LogP contribution in [0.2, 0.25) is 0 Å². The number of hydrogen-bond acceptors (Lipinski definition) is 4. The van der Waals surface area contributed by atoms with Crippen molar-refractivity contribution in [1.82, 2.24) is 15.6 Å². The second kappa shape index (κ2) is 6.88. The van der Waals surface area contributed by atoms with E-state index in [1.807, 2.05) is 27.0 Å². The van der Waals surface area contributed by atoms with Gasteiger partial charge in [-0.25, -0.2) is 4.98 Å². The van der Waals surface area contributed by atoms with Crippen molar-refractivity contribution in [2.45, 2.75) is 52.5 Å². The summed E-state index contributed by atoms with van der Waals surface area (Å²) in [7, 11) is 0. The number of thiazole rings is 1. The zero-order valence-electron chi connectivity index (χ0n) is 13.5. The Bertz CT molecular complexity index is 478. The van der Waals surface area contributed by atoms with Gasteiger partial charge < -0.3 is 10.6 Å². The van der Waals surface area contributed by atoms with Crippen molar-refractivity contribution in [2.24, 2.45) is 11.8 Å². The lowest BCUT2D eigenvalue weighted by atomic mass is 9.84. The largest absolute Gasteiger partial charge is 0.345 e. The molecular formula is C16H27N3OS. The van der Waals surface area contributed by atoms with Gasteiger partial charge in [-0.05, 0) is 58.5 Å². The van der Waals surface area contributed by atoms with Crippen LogP contribution in [-0.2, 0) is 10.3 Å². The zero-order chi connectivity index (χ0) is 15.5. The van der Waals surface area contributed by atoms with Crippen molar-refractivity contribution in [3.63, 3.8) is 0 Å². The quantitative estimate of drug-likeness (QED) is 0.879. The molecule has 1 aromatic rings. The van der Waals surface area contributed by atoms with Crippen LogP contribution in [0.15, 0.2) is 6.20 Å². The Morgan fingerprint density at radius 1 is 1.52 bits per heavy atom. The van der Waals surface area contributed by atoms with Crippen LogP contribution in [0.1, 0.15) is 49.9 Å². The summed E-state index contributed by atoms with van der Waals surface area (Å²) in [5.74, 6) is 1.25. The van der Waals surface area contributed by atoms with E-state index in [2.05, 4.69) is 22.5 Å². The Hall–Kier alpha value is -0.940. The van der Waals surface area contributed by atoms with E-state index in [1.54, 1.807) is 11.3 Å². The molecule has 21 heavy (non-hydrogen) atoms. The highest BCUT2D eigenvalue weighted by Crippen LogP contribution is 2.27. The predicted molar refractivity (Wildman–Crippen MR) is 87.4 cm³/mol. The molecule has 5 heteroatoms. The number of piperidine rings is 1. The first-order valence-corrected chi connectivity index (χ1v) is 8.65. The molecule has 1 aromatic heterocycles. The standard InChI is InChI=1S/C16H27N3OS/c1-11(13-5-7-17-8-6-13)9-14(20)19-16(3,4)15-18-10-12(2)21-15/h10-11,13,17H,5-9H2,1-4H3,(H,19,20). The summed E-state index contributed by atoms with van der Waals surface area (Å²) in [6, 6.07) is 0. The smallest absolute Gasteiger partial charge is 0.221 e. The van der Waals surface area contributed by atoms with E-state index < -0.39 is 0 Å². The number of rotatable bonds is 5. The molecule has 4 nitrogen and oxygen atoms in total.